The van der Waals surface area contributed by atoms with Gasteiger partial charge in [-0.25, -0.2) is 4.79 Å². The van der Waals surface area contributed by atoms with E-state index in [0.717, 1.165) is 49.0 Å². The molecule has 158 valence electrons. The molecule has 4 saturated carbocycles. The van der Waals surface area contributed by atoms with Gasteiger partial charge in [0.2, 0.25) is 5.91 Å². The molecular weight excluding hydrogens is 362 g/mol. The average Bonchev–Trinajstić information content (AvgIpc) is 2.66. The van der Waals surface area contributed by atoms with Crippen LogP contribution in [0.2, 0.25) is 0 Å². The van der Waals surface area contributed by atoms with Crippen LogP contribution in [0, 0.1) is 17.8 Å². The molecule has 3 N–H and O–H groups in total. The van der Waals surface area contributed by atoms with Crippen molar-refractivity contribution < 1.29 is 9.59 Å². The summed E-state index contributed by atoms with van der Waals surface area (Å²) in [5.74, 6) is 2.38. The van der Waals surface area contributed by atoms with E-state index in [1.807, 2.05) is 6.92 Å². The average molecular weight is 398 g/mol. The molecule has 0 spiro atoms. The maximum Gasteiger partial charge on any atom is 0.315 e. The Kier molecular flexibility index (Phi) is 5.84. The summed E-state index contributed by atoms with van der Waals surface area (Å²) in [4.78, 5) is 24.7. The molecule has 5 nitrogen and oxygen atoms in total. The molecule has 4 bridgehead atoms. The van der Waals surface area contributed by atoms with E-state index < -0.39 is 0 Å². The van der Waals surface area contributed by atoms with Crippen molar-refractivity contribution in [3.8, 4) is 0 Å². The summed E-state index contributed by atoms with van der Waals surface area (Å²) in [7, 11) is 0. The number of aryl methyl sites for hydroxylation is 1. The molecule has 4 fully saturated rings. The molecule has 0 saturated heterocycles. The van der Waals surface area contributed by atoms with E-state index in [1.54, 1.807) is 0 Å². The molecule has 1 aromatic rings. The van der Waals surface area contributed by atoms with Crippen LogP contribution in [0.25, 0.3) is 0 Å². The summed E-state index contributed by atoms with van der Waals surface area (Å²) >= 11 is 0. The molecule has 4 aliphatic carbocycles. The second-order valence-electron chi connectivity index (χ2n) is 9.71. The summed E-state index contributed by atoms with van der Waals surface area (Å²) in [6, 6.07) is 8.21. The van der Waals surface area contributed by atoms with Gasteiger partial charge in [0.1, 0.15) is 0 Å². The zero-order valence-electron chi connectivity index (χ0n) is 17.8. The normalized spacial score (nSPS) is 30.6. The molecule has 1 atom stereocenters. The predicted molar refractivity (Wildman–Crippen MR) is 114 cm³/mol. The number of urea groups is 1. The van der Waals surface area contributed by atoms with Gasteiger partial charge in [-0.1, -0.05) is 31.2 Å². The molecule has 29 heavy (non-hydrogen) atoms. The van der Waals surface area contributed by atoms with E-state index in [2.05, 4.69) is 47.1 Å². The van der Waals surface area contributed by atoms with Gasteiger partial charge in [-0.05, 0) is 80.8 Å². The third kappa shape index (κ3) is 4.76. The lowest BCUT2D eigenvalue weighted by Crippen LogP contribution is -2.61. The molecule has 0 aliphatic heterocycles. The summed E-state index contributed by atoms with van der Waals surface area (Å²) < 4.78 is 0. The fourth-order valence-electron chi connectivity index (χ4n) is 6.28. The van der Waals surface area contributed by atoms with Gasteiger partial charge < -0.3 is 16.0 Å². The first kappa shape index (κ1) is 20.2. The standard InChI is InChI=1S/C24H35N3O2/c1-3-17-4-6-21(7-5-17)16(2)26-22(28)8-9-25-23(29)27-24-13-18-10-19(14-24)12-20(11-18)15-24/h4-7,16,18-20H,3,8-15H2,1-2H3,(H,26,28)(H2,25,27,29). The van der Waals surface area contributed by atoms with Crippen molar-refractivity contribution in [2.45, 2.75) is 76.8 Å². The first-order chi connectivity index (χ1) is 13.9. The summed E-state index contributed by atoms with van der Waals surface area (Å²) in [5.41, 5.74) is 2.41. The smallest absolute Gasteiger partial charge is 0.315 e. The quantitative estimate of drug-likeness (QED) is 0.649. The van der Waals surface area contributed by atoms with Gasteiger partial charge in [-0.15, -0.1) is 0 Å². The van der Waals surface area contributed by atoms with Crippen LogP contribution >= 0.6 is 0 Å². The van der Waals surface area contributed by atoms with Crippen molar-refractivity contribution in [2.75, 3.05) is 6.54 Å². The van der Waals surface area contributed by atoms with Crippen LogP contribution in [0.15, 0.2) is 24.3 Å². The van der Waals surface area contributed by atoms with Gasteiger partial charge in [-0.2, -0.15) is 0 Å². The van der Waals surface area contributed by atoms with Crippen LogP contribution in [0.5, 0.6) is 0 Å². The van der Waals surface area contributed by atoms with E-state index in [-0.39, 0.29) is 23.5 Å². The highest BCUT2D eigenvalue weighted by Crippen LogP contribution is 2.55. The van der Waals surface area contributed by atoms with Gasteiger partial charge in [0.15, 0.2) is 0 Å². The fourth-order valence-corrected chi connectivity index (χ4v) is 6.28. The van der Waals surface area contributed by atoms with Crippen molar-refractivity contribution in [1.82, 2.24) is 16.0 Å². The van der Waals surface area contributed by atoms with Crippen LogP contribution < -0.4 is 16.0 Å². The molecule has 3 amide bonds. The van der Waals surface area contributed by atoms with Gasteiger partial charge in [0.25, 0.3) is 0 Å². The number of rotatable bonds is 7. The van der Waals surface area contributed by atoms with Crippen molar-refractivity contribution >= 4 is 11.9 Å². The number of amides is 3. The third-order valence-electron chi connectivity index (χ3n) is 7.32. The van der Waals surface area contributed by atoms with Crippen LogP contribution in [-0.4, -0.2) is 24.0 Å². The second kappa shape index (κ2) is 8.37. The maximum absolute atomic E-state index is 12.5. The van der Waals surface area contributed by atoms with Crippen molar-refractivity contribution in [3.05, 3.63) is 35.4 Å². The minimum atomic E-state index is -0.108. The number of benzene rings is 1. The zero-order valence-corrected chi connectivity index (χ0v) is 17.8. The van der Waals surface area contributed by atoms with E-state index in [4.69, 9.17) is 0 Å². The molecule has 0 radical (unpaired) electrons. The van der Waals surface area contributed by atoms with Gasteiger partial charge in [0, 0.05) is 18.5 Å². The Morgan fingerprint density at radius 1 is 1.03 bits per heavy atom. The first-order valence-electron chi connectivity index (χ1n) is 11.4. The molecule has 0 aromatic heterocycles. The molecule has 0 heterocycles. The fraction of sp³-hybridized carbons (Fsp3) is 0.667. The van der Waals surface area contributed by atoms with Crippen molar-refractivity contribution in [3.63, 3.8) is 0 Å². The topological polar surface area (TPSA) is 70.2 Å². The highest BCUT2D eigenvalue weighted by molar-refractivity contribution is 5.78. The van der Waals surface area contributed by atoms with E-state index in [9.17, 15) is 9.59 Å². The molecule has 5 heteroatoms. The Morgan fingerprint density at radius 3 is 2.17 bits per heavy atom. The monoisotopic (exact) mass is 397 g/mol. The van der Waals surface area contributed by atoms with E-state index in [0.29, 0.717) is 13.0 Å². The van der Waals surface area contributed by atoms with Gasteiger partial charge in [0.05, 0.1) is 6.04 Å². The number of nitrogens with one attached hydrogen (secondary N) is 3. The second-order valence-corrected chi connectivity index (χ2v) is 9.71. The van der Waals surface area contributed by atoms with Crippen molar-refractivity contribution in [2.24, 2.45) is 17.8 Å². The maximum atomic E-state index is 12.5. The Balaban J connectivity index is 1.18. The van der Waals surface area contributed by atoms with E-state index >= 15 is 0 Å². The molecule has 1 aromatic carbocycles. The Labute approximate surface area is 174 Å². The van der Waals surface area contributed by atoms with Gasteiger partial charge in [-0.3, -0.25) is 4.79 Å². The predicted octanol–water partition coefficient (Wildman–Crippen LogP) is 4.08. The lowest BCUT2D eigenvalue weighted by Gasteiger charge is -2.56. The summed E-state index contributed by atoms with van der Waals surface area (Å²) in [5, 5.41) is 9.22. The highest BCUT2D eigenvalue weighted by atomic mass is 16.2. The Bertz CT molecular complexity index is 708. The number of carbonyl (C=O) groups is 2. The van der Waals surface area contributed by atoms with E-state index in [1.165, 1.54) is 24.8 Å². The lowest BCUT2D eigenvalue weighted by molar-refractivity contribution is -0.121. The molecule has 4 aliphatic rings. The molecular formula is C24H35N3O2. The largest absolute Gasteiger partial charge is 0.350 e. The minimum absolute atomic E-state index is 0.0141. The summed E-state index contributed by atoms with van der Waals surface area (Å²) in [6.07, 6.45) is 8.82. The summed E-state index contributed by atoms with van der Waals surface area (Å²) in [6.45, 7) is 4.49. The van der Waals surface area contributed by atoms with Crippen LogP contribution in [0.1, 0.15) is 76.0 Å². The first-order valence-corrected chi connectivity index (χ1v) is 11.4. The highest BCUT2D eigenvalue weighted by Gasteiger charge is 2.51. The lowest BCUT2D eigenvalue weighted by atomic mass is 9.53. The van der Waals surface area contributed by atoms with Crippen LogP contribution in [0.3, 0.4) is 0 Å². The van der Waals surface area contributed by atoms with Crippen molar-refractivity contribution in [1.29, 1.82) is 0 Å². The molecule has 5 rings (SSSR count). The van der Waals surface area contributed by atoms with Gasteiger partial charge >= 0.3 is 6.03 Å². The zero-order chi connectivity index (χ0) is 20.4. The Hall–Kier alpha value is -2.04. The molecule has 1 unspecified atom stereocenters. The number of hydrogen-bond acceptors (Lipinski definition) is 2. The number of carbonyl (C=O) groups excluding carboxylic acids is 2. The van der Waals surface area contributed by atoms with Crippen LogP contribution in [0.4, 0.5) is 4.79 Å². The Morgan fingerprint density at radius 2 is 1.62 bits per heavy atom. The SMILES string of the molecule is CCc1ccc(C(C)NC(=O)CCNC(=O)NC23CC4CC(CC(C4)C2)C3)cc1. The minimum Gasteiger partial charge on any atom is -0.350 e. The number of hydrogen-bond donors (Lipinski definition) is 3. The van der Waals surface area contributed by atoms with Crippen LogP contribution in [-0.2, 0) is 11.2 Å². The third-order valence-corrected chi connectivity index (χ3v) is 7.32.